The summed E-state index contributed by atoms with van der Waals surface area (Å²) in [5.74, 6) is 1.22. The largest absolute Gasteiger partial charge is 0.493 e. The number of carbonyl (C=O) groups is 1. The zero-order valence-electron chi connectivity index (χ0n) is 12.7. The molecule has 0 aromatic heterocycles. The third-order valence-electron chi connectivity index (χ3n) is 4.09. The maximum Gasteiger partial charge on any atom is 0.322 e. The van der Waals surface area contributed by atoms with Gasteiger partial charge in [0.2, 0.25) is 0 Å². The number of ether oxygens (including phenoxy) is 2. The van der Waals surface area contributed by atoms with Crippen molar-refractivity contribution in [2.75, 3.05) is 13.7 Å². The normalized spacial score (nSPS) is 15.5. The van der Waals surface area contributed by atoms with Crippen molar-refractivity contribution in [1.82, 2.24) is 0 Å². The molecule has 1 fully saturated rings. The van der Waals surface area contributed by atoms with Crippen molar-refractivity contribution in [3.8, 4) is 5.75 Å². The molecule has 1 aliphatic carbocycles. The maximum absolute atomic E-state index is 11.5. The van der Waals surface area contributed by atoms with Crippen LogP contribution in [0.15, 0.2) is 36.4 Å². The molecule has 3 rings (SSSR count). The van der Waals surface area contributed by atoms with Crippen LogP contribution in [0, 0.1) is 5.92 Å². The second-order valence-corrected chi connectivity index (χ2v) is 5.86. The maximum atomic E-state index is 11.5. The van der Waals surface area contributed by atoms with Crippen LogP contribution in [0.25, 0.3) is 10.8 Å². The zero-order valence-corrected chi connectivity index (χ0v) is 12.7. The molecule has 0 radical (unpaired) electrons. The number of esters is 1. The second kappa shape index (κ2) is 6.36. The Morgan fingerprint density at radius 3 is 2.64 bits per heavy atom. The summed E-state index contributed by atoms with van der Waals surface area (Å²) in [5.41, 5.74) is 6.92. The molecule has 2 aromatic rings. The first-order chi connectivity index (χ1) is 10.7. The number of hydrogen-bond acceptors (Lipinski definition) is 4. The van der Waals surface area contributed by atoms with Crippen molar-refractivity contribution in [1.29, 1.82) is 0 Å². The number of nitrogens with two attached hydrogens (primary N) is 1. The zero-order chi connectivity index (χ0) is 15.5. The van der Waals surface area contributed by atoms with Gasteiger partial charge in [-0.15, -0.1) is 0 Å². The van der Waals surface area contributed by atoms with Gasteiger partial charge in [-0.25, -0.2) is 0 Å². The minimum Gasteiger partial charge on any atom is -0.493 e. The van der Waals surface area contributed by atoms with Crippen molar-refractivity contribution in [2.45, 2.75) is 25.3 Å². The average Bonchev–Trinajstić information content (AvgIpc) is 3.37. The lowest BCUT2D eigenvalue weighted by Crippen LogP contribution is -2.33. The van der Waals surface area contributed by atoms with Crippen molar-refractivity contribution in [3.63, 3.8) is 0 Å². The van der Waals surface area contributed by atoms with E-state index in [0.717, 1.165) is 28.7 Å². The summed E-state index contributed by atoms with van der Waals surface area (Å²) >= 11 is 0. The minimum atomic E-state index is -0.647. The molecule has 0 heterocycles. The van der Waals surface area contributed by atoms with Gasteiger partial charge in [-0.05, 0) is 42.2 Å². The van der Waals surface area contributed by atoms with Crippen molar-refractivity contribution >= 4 is 16.7 Å². The van der Waals surface area contributed by atoms with Gasteiger partial charge in [-0.1, -0.05) is 30.3 Å². The molecule has 22 heavy (non-hydrogen) atoms. The van der Waals surface area contributed by atoms with E-state index >= 15 is 0 Å². The third-order valence-corrected chi connectivity index (χ3v) is 4.09. The van der Waals surface area contributed by atoms with E-state index in [4.69, 9.17) is 15.2 Å². The van der Waals surface area contributed by atoms with E-state index in [2.05, 4.69) is 0 Å². The summed E-state index contributed by atoms with van der Waals surface area (Å²) in [4.78, 5) is 11.5. The lowest BCUT2D eigenvalue weighted by molar-refractivity contribution is -0.142. The average molecular weight is 299 g/mol. The van der Waals surface area contributed by atoms with Crippen LogP contribution in [0.3, 0.4) is 0 Å². The summed E-state index contributed by atoms with van der Waals surface area (Å²) in [5, 5.41) is 2.15. The predicted molar refractivity (Wildman–Crippen MR) is 85.9 cm³/mol. The van der Waals surface area contributed by atoms with Gasteiger partial charge in [0, 0.05) is 5.39 Å². The summed E-state index contributed by atoms with van der Waals surface area (Å²) < 4.78 is 10.7. The molecule has 0 bridgehead atoms. The number of methoxy groups -OCH3 is 1. The molecule has 0 spiro atoms. The first kappa shape index (κ1) is 14.9. The molecule has 4 nitrogen and oxygen atoms in total. The van der Waals surface area contributed by atoms with E-state index in [1.165, 1.54) is 20.0 Å². The molecule has 116 valence electrons. The molecular weight excluding hydrogens is 278 g/mol. The fourth-order valence-corrected chi connectivity index (χ4v) is 2.60. The first-order valence-electron chi connectivity index (χ1n) is 7.66. The Morgan fingerprint density at radius 2 is 1.95 bits per heavy atom. The van der Waals surface area contributed by atoms with Crippen molar-refractivity contribution in [3.05, 3.63) is 42.0 Å². The molecule has 0 saturated heterocycles. The highest BCUT2D eigenvalue weighted by Crippen LogP contribution is 2.33. The van der Waals surface area contributed by atoms with Gasteiger partial charge in [0.25, 0.3) is 0 Å². The lowest BCUT2D eigenvalue weighted by Gasteiger charge is -2.14. The topological polar surface area (TPSA) is 61.5 Å². The van der Waals surface area contributed by atoms with Gasteiger partial charge < -0.3 is 15.2 Å². The Hall–Kier alpha value is -2.07. The van der Waals surface area contributed by atoms with Crippen LogP contribution in [0.1, 0.15) is 18.4 Å². The Labute approximate surface area is 130 Å². The van der Waals surface area contributed by atoms with Gasteiger partial charge in [-0.2, -0.15) is 0 Å². The SMILES string of the molecule is COC(=O)C(N)Cc1ccc(OCC2CC2)c2ccccc12. The monoisotopic (exact) mass is 299 g/mol. The van der Waals surface area contributed by atoms with Crippen LogP contribution in [-0.2, 0) is 16.0 Å². The van der Waals surface area contributed by atoms with E-state index in [0.29, 0.717) is 12.3 Å². The molecule has 1 saturated carbocycles. The van der Waals surface area contributed by atoms with Gasteiger partial charge in [0.1, 0.15) is 11.8 Å². The Bertz CT molecular complexity index is 679. The highest BCUT2D eigenvalue weighted by Gasteiger charge is 2.22. The summed E-state index contributed by atoms with van der Waals surface area (Å²) in [6.45, 7) is 0.783. The minimum absolute atomic E-state index is 0.391. The number of hydrogen-bond donors (Lipinski definition) is 1. The highest BCUT2D eigenvalue weighted by atomic mass is 16.5. The quantitative estimate of drug-likeness (QED) is 0.833. The molecule has 2 N–H and O–H groups in total. The van der Waals surface area contributed by atoms with Crippen LogP contribution >= 0.6 is 0 Å². The Kier molecular flexibility index (Phi) is 4.29. The van der Waals surface area contributed by atoms with Gasteiger partial charge >= 0.3 is 5.97 Å². The van der Waals surface area contributed by atoms with Crippen molar-refractivity contribution in [2.24, 2.45) is 11.7 Å². The van der Waals surface area contributed by atoms with Crippen LogP contribution in [0.2, 0.25) is 0 Å². The standard InChI is InChI=1S/C18H21NO3/c1-21-18(20)16(19)10-13-8-9-17(22-11-12-6-7-12)15-5-3-2-4-14(13)15/h2-5,8-9,12,16H,6-7,10-11,19H2,1H3. The van der Waals surface area contributed by atoms with E-state index < -0.39 is 12.0 Å². The third kappa shape index (κ3) is 3.22. The fourth-order valence-electron chi connectivity index (χ4n) is 2.60. The van der Waals surface area contributed by atoms with Gasteiger partial charge in [0.05, 0.1) is 13.7 Å². The highest BCUT2D eigenvalue weighted by molar-refractivity contribution is 5.91. The number of fused-ring (bicyclic) bond motifs is 1. The smallest absolute Gasteiger partial charge is 0.322 e. The molecule has 1 atom stereocenters. The molecule has 2 aromatic carbocycles. The number of rotatable bonds is 6. The number of benzene rings is 2. The van der Waals surface area contributed by atoms with Crippen LogP contribution < -0.4 is 10.5 Å². The van der Waals surface area contributed by atoms with E-state index in [1.54, 1.807) is 0 Å². The van der Waals surface area contributed by atoms with Gasteiger partial charge in [-0.3, -0.25) is 4.79 Å². The van der Waals surface area contributed by atoms with Crippen LogP contribution in [-0.4, -0.2) is 25.7 Å². The van der Waals surface area contributed by atoms with Crippen molar-refractivity contribution < 1.29 is 14.3 Å². The van der Waals surface area contributed by atoms with E-state index in [1.807, 2.05) is 36.4 Å². The predicted octanol–water partition coefficient (Wildman–Crippen LogP) is 2.67. The summed E-state index contributed by atoms with van der Waals surface area (Å²) in [6, 6.07) is 11.4. The second-order valence-electron chi connectivity index (χ2n) is 5.86. The fraction of sp³-hybridized carbons (Fsp3) is 0.389. The summed E-state index contributed by atoms with van der Waals surface area (Å²) in [6.07, 6.45) is 2.99. The Morgan fingerprint density at radius 1 is 1.23 bits per heavy atom. The Balaban J connectivity index is 1.87. The molecule has 4 heteroatoms. The first-order valence-corrected chi connectivity index (χ1v) is 7.66. The van der Waals surface area contributed by atoms with E-state index in [9.17, 15) is 4.79 Å². The molecule has 0 amide bonds. The van der Waals surface area contributed by atoms with Crippen LogP contribution in [0.5, 0.6) is 5.75 Å². The van der Waals surface area contributed by atoms with Crippen LogP contribution in [0.4, 0.5) is 0 Å². The van der Waals surface area contributed by atoms with Gasteiger partial charge in [0.15, 0.2) is 0 Å². The number of carbonyl (C=O) groups excluding carboxylic acids is 1. The molecule has 1 unspecified atom stereocenters. The summed E-state index contributed by atoms with van der Waals surface area (Å²) in [7, 11) is 1.36. The molecular formula is C18H21NO3. The molecule has 0 aliphatic heterocycles. The lowest BCUT2D eigenvalue weighted by atomic mass is 9.98. The molecule has 1 aliphatic rings. The van der Waals surface area contributed by atoms with E-state index in [-0.39, 0.29) is 0 Å².